The summed E-state index contributed by atoms with van der Waals surface area (Å²) in [6.45, 7) is 6.43. The van der Waals surface area contributed by atoms with Crippen LogP contribution in [0.25, 0.3) is 0 Å². The quantitative estimate of drug-likeness (QED) is 0.843. The first kappa shape index (κ1) is 13.9. The smallest absolute Gasteiger partial charge is 0.161 e. The molecule has 0 radical (unpaired) electrons. The zero-order chi connectivity index (χ0) is 14.2. The zero-order valence-corrected chi connectivity index (χ0v) is 13.4. The van der Waals surface area contributed by atoms with Crippen LogP contribution in [0.3, 0.4) is 0 Å². The molecule has 3 rings (SSSR count). The van der Waals surface area contributed by atoms with Crippen LogP contribution >= 0.6 is 11.8 Å². The van der Waals surface area contributed by atoms with Crippen molar-refractivity contribution in [2.45, 2.75) is 52.0 Å². The summed E-state index contributed by atoms with van der Waals surface area (Å²) in [6, 6.07) is 4.16. The van der Waals surface area contributed by atoms with Crippen LogP contribution in [-0.4, -0.2) is 21.4 Å². The van der Waals surface area contributed by atoms with E-state index in [-0.39, 0.29) is 5.54 Å². The van der Waals surface area contributed by atoms with Gasteiger partial charge in [-0.1, -0.05) is 18.7 Å². The maximum atomic E-state index is 5.01. The number of nitrogens with zero attached hydrogens (tertiary/aromatic N) is 2. The minimum Gasteiger partial charge on any atom is -0.333 e. The van der Waals surface area contributed by atoms with Crippen LogP contribution in [0, 0.1) is 19.8 Å². The van der Waals surface area contributed by atoms with Gasteiger partial charge in [-0.15, -0.1) is 0 Å². The van der Waals surface area contributed by atoms with Gasteiger partial charge in [-0.25, -0.2) is 0 Å². The van der Waals surface area contributed by atoms with E-state index in [0.29, 0.717) is 0 Å². The summed E-state index contributed by atoms with van der Waals surface area (Å²) in [5, 5.41) is 4.55. The van der Waals surface area contributed by atoms with Crippen molar-refractivity contribution in [1.82, 2.24) is 4.98 Å². The fourth-order valence-electron chi connectivity index (χ4n) is 3.04. The highest BCUT2D eigenvalue weighted by molar-refractivity contribution is 8.14. The molecule has 3 nitrogen and oxygen atoms in total. The molecule has 1 saturated carbocycles. The minimum absolute atomic E-state index is 0.214. The van der Waals surface area contributed by atoms with Gasteiger partial charge in [0.25, 0.3) is 0 Å². The molecule has 1 fully saturated rings. The predicted molar refractivity (Wildman–Crippen MR) is 87.6 cm³/mol. The molecule has 0 aromatic carbocycles. The Morgan fingerprint density at radius 1 is 1.25 bits per heavy atom. The van der Waals surface area contributed by atoms with Gasteiger partial charge in [-0.2, -0.15) is 0 Å². The molecule has 0 amide bonds. The number of nitrogens with one attached hydrogen (secondary N) is 1. The van der Waals surface area contributed by atoms with Crippen LogP contribution in [0.1, 0.15) is 44.0 Å². The van der Waals surface area contributed by atoms with Crippen molar-refractivity contribution in [2.24, 2.45) is 10.9 Å². The van der Waals surface area contributed by atoms with Gasteiger partial charge in [0.15, 0.2) is 5.17 Å². The van der Waals surface area contributed by atoms with Gasteiger partial charge in [-0.05, 0) is 57.6 Å². The van der Waals surface area contributed by atoms with Crippen LogP contribution in [-0.2, 0) is 0 Å². The molecule has 1 aromatic rings. The van der Waals surface area contributed by atoms with Gasteiger partial charge in [0.1, 0.15) is 0 Å². The second-order valence-corrected chi connectivity index (χ2v) is 7.29. The third kappa shape index (κ3) is 2.85. The molecule has 0 atom stereocenters. The van der Waals surface area contributed by atoms with Crippen molar-refractivity contribution < 1.29 is 0 Å². The molecule has 1 aliphatic carbocycles. The van der Waals surface area contributed by atoms with Crippen molar-refractivity contribution in [3.05, 3.63) is 23.5 Å². The average Bonchev–Trinajstić information content (AvgIpc) is 2.80. The van der Waals surface area contributed by atoms with Crippen molar-refractivity contribution >= 4 is 22.6 Å². The van der Waals surface area contributed by atoms with Gasteiger partial charge in [0.05, 0.1) is 16.9 Å². The first-order chi connectivity index (χ1) is 9.56. The number of thioether (sulfide) groups is 1. The van der Waals surface area contributed by atoms with Crippen LogP contribution in [0.4, 0.5) is 5.69 Å². The highest BCUT2D eigenvalue weighted by Crippen LogP contribution is 2.41. The Kier molecular flexibility index (Phi) is 3.76. The Morgan fingerprint density at radius 3 is 2.70 bits per heavy atom. The van der Waals surface area contributed by atoms with E-state index in [9.17, 15) is 0 Å². The molecule has 1 N–H and O–H groups in total. The number of amidine groups is 1. The second-order valence-electron chi connectivity index (χ2n) is 6.32. The molecule has 1 spiro atoms. The summed E-state index contributed by atoms with van der Waals surface area (Å²) >= 11 is 1.87. The number of aryl methyl sites for hydroxylation is 2. The lowest BCUT2D eigenvalue weighted by Crippen LogP contribution is -2.32. The standard InChI is InChI=1S/C16H23N3S/c1-11-6-8-16(9-7-11)10-20-15(19-16)18-14-5-4-12(2)17-13(14)3/h4-5,11H,6-10H2,1-3H3,(H,18,19). The highest BCUT2D eigenvalue weighted by atomic mass is 32.2. The summed E-state index contributed by atoms with van der Waals surface area (Å²) < 4.78 is 0. The summed E-state index contributed by atoms with van der Waals surface area (Å²) in [4.78, 5) is 9.52. The number of hydrogen-bond donors (Lipinski definition) is 1. The Hall–Kier alpha value is -1.03. The number of anilines is 1. The summed E-state index contributed by atoms with van der Waals surface area (Å²) in [5.74, 6) is 2.02. The first-order valence-corrected chi connectivity index (χ1v) is 8.49. The van der Waals surface area contributed by atoms with Crippen LogP contribution < -0.4 is 5.32 Å². The molecule has 4 heteroatoms. The van der Waals surface area contributed by atoms with Gasteiger partial charge in [0.2, 0.25) is 0 Å². The van der Waals surface area contributed by atoms with E-state index in [2.05, 4.69) is 23.3 Å². The predicted octanol–water partition coefficient (Wildman–Crippen LogP) is 4.16. The molecule has 0 saturated heterocycles. The minimum atomic E-state index is 0.214. The molecule has 1 aromatic heterocycles. The van der Waals surface area contributed by atoms with Gasteiger partial charge in [-0.3, -0.25) is 9.98 Å². The van der Waals surface area contributed by atoms with Crippen molar-refractivity contribution in [2.75, 3.05) is 11.1 Å². The number of rotatable bonds is 1. The van der Waals surface area contributed by atoms with E-state index in [0.717, 1.165) is 33.9 Å². The molecular weight excluding hydrogens is 266 g/mol. The van der Waals surface area contributed by atoms with E-state index < -0.39 is 0 Å². The van der Waals surface area contributed by atoms with E-state index in [4.69, 9.17) is 4.99 Å². The fourth-order valence-corrected chi connectivity index (χ4v) is 4.24. The summed E-state index contributed by atoms with van der Waals surface area (Å²) in [6.07, 6.45) is 5.14. The topological polar surface area (TPSA) is 37.3 Å². The van der Waals surface area contributed by atoms with E-state index >= 15 is 0 Å². The molecule has 1 aliphatic heterocycles. The fraction of sp³-hybridized carbons (Fsp3) is 0.625. The number of pyridine rings is 1. The lowest BCUT2D eigenvalue weighted by atomic mass is 9.79. The largest absolute Gasteiger partial charge is 0.333 e. The van der Waals surface area contributed by atoms with Gasteiger partial charge < -0.3 is 5.32 Å². The van der Waals surface area contributed by atoms with Crippen molar-refractivity contribution in [3.8, 4) is 0 Å². The summed E-state index contributed by atoms with van der Waals surface area (Å²) in [5.41, 5.74) is 3.41. The first-order valence-electron chi connectivity index (χ1n) is 7.50. The normalized spacial score (nSPS) is 29.6. The monoisotopic (exact) mass is 289 g/mol. The number of aliphatic imine (C=N–C) groups is 1. The average molecular weight is 289 g/mol. The maximum absolute atomic E-state index is 5.01. The zero-order valence-electron chi connectivity index (χ0n) is 12.6. The molecule has 2 heterocycles. The Morgan fingerprint density at radius 2 is 2.00 bits per heavy atom. The molecule has 108 valence electrons. The highest BCUT2D eigenvalue weighted by Gasteiger charge is 2.38. The van der Waals surface area contributed by atoms with Crippen LogP contribution in [0.15, 0.2) is 17.1 Å². The molecule has 0 unspecified atom stereocenters. The third-order valence-corrected chi connectivity index (χ3v) is 5.64. The van der Waals surface area contributed by atoms with Crippen molar-refractivity contribution in [1.29, 1.82) is 0 Å². The second kappa shape index (κ2) is 5.40. The van der Waals surface area contributed by atoms with Crippen molar-refractivity contribution in [3.63, 3.8) is 0 Å². The molecule has 20 heavy (non-hydrogen) atoms. The number of hydrogen-bond acceptors (Lipinski definition) is 4. The van der Waals surface area contributed by atoms with Crippen LogP contribution in [0.2, 0.25) is 0 Å². The Labute approximate surface area is 125 Å². The Balaban J connectivity index is 1.72. The van der Waals surface area contributed by atoms with E-state index in [1.54, 1.807) is 0 Å². The molecule has 2 aliphatic rings. The van der Waals surface area contributed by atoms with Gasteiger partial charge >= 0.3 is 0 Å². The van der Waals surface area contributed by atoms with Gasteiger partial charge in [0, 0.05) is 11.4 Å². The lowest BCUT2D eigenvalue weighted by Gasteiger charge is -2.32. The third-order valence-electron chi connectivity index (χ3n) is 4.49. The van der Waals surface area contributed by atoms with Crippen LogP contribution in [0.5, 0.6) is 0 Å². The Bertz CT molecular complexity index is 531. The lowest BCUT2D eigenvalue weighted by molar-refractivity contribution is 0.273. The summed E-state index contributed by atoms with van der Waals surface area (Å²) in [7, 11) is 0. The number of aromatic nitrogens is 1. The molecule has 0 bridgehead atoms. The SMILES string of the molecule is Cc1ccc(NC2=NC3(CCC(C)CC3)CS2)c(C)n1. The van der Waals surface area contributed by atoms with E-state index in [1.807, 2.05) is 31.7 Å². The van der Waals surface area contributed by atoms with E-state index in [1.165, 1.54) is 25.7 Å². The maximum Gasteiger partial charge on any atom is 0.161 e. The molecular formula is C16H23N3S.